The highest BCUT2D eigenvalue weighted by Crippen LogP contribution is 2.26. The van der Waals surface area contributed by atoms with Crippen molar-refractivity contribution in [3.63, 3.8) is 0 Å². The Morgan fingerprint density at radius 3 is 2.67 bits per heavy atom. The van der Waals surface area contributed by atoms with E-state index >= 15 is 0 Å². The van der Waals surface area contributed by atoms with Crippen LogP contribution in [0.4, 0.5) is 5.69 Å². The van der Waals surface area contributed by atoms with Crippen molar-refractivity contribution >= 4 is 17.2 Å². The molecule has 0 fully saturated rings. The molecule has 1 aromatic carbocycles. The third kappa shape index (κ3) is 3.09. The summed E-state index contributed by atoms with van der Waals surface area (Å²) in [6, 6.07) is 11.5. The number of nitrogens with two attached hydrogens (primary N) is 1. The molecule has 24 heavy (non-hydrogen) atoms. The zero-order chi connectivity index (χ0) is 17.1. The first-order valence-corrected chi connectivity index (χ1v) is 7.75. The molecule has 0 radical (unpaired) electrons. The molecule has 0 spiro atoms. The molecular weight excluding hydrogens is 304 g/mol. The fourth-order valence-electron chi connectivity index (χ4n) is 2.61. The first-order valence-electron chi connectivity index (χ1n) is 7.75. The van der Waals surface area contributed by atoms with Gasteiger partial charge in [0, 0.05) is 30.4 Å². The molecule has 3 aromatic rings. The molecule has 0 bridgehead atoms. The van der Waals surface area contributed by atoms with E-state index in [0.717, 1.165) is 34.0 Å². The molecule has 1 amide bonds. The van der Waals surface area contributed by atoms with Crippen LogP contribution in [0, 0.1) is 6.92 Å². The lowest BCUT2D eigenvalue weighted by molar-refractivity contribution is -0.116. The number of carbonyl (C=O) groups excluding carboxylic acids is 1. The molecule has 0 aliphatic carbocycles. The van der Waals surface area contributed by atoms with Crippen LogP contribution in [-0.4, -0.2) is 28.9 Å². The summed E-state index contributed by atoms with van der Waals surface area (Å²) in [4.78, 5) is 16.4. The number of ether oxygens (including phenoxy) is 1. The maximum Gasteiger partial charge on any atom is 0.225 e. The van der Waals surface area contributed by atoms with Crippen LogP contribution in [0.3, 0.4) is 0 Å². The Bertz CT molecular complexity index is 869. The second-order valence-electron chi connectivity index (χ2n) is 5.51. The van der Waals surface area contributed by atoms with Gasteiger partial charge in [-0.2, -0.15) is 0 Å². The fraction of sp³-hybridized carbons (Fsp3) is 0.222. The summed E-state index contributed by atoms with van der Waals surface area (Å²) in [6.45, 7) is 2.34. The quantitative estimate of drug-likeness (QED) is 0.756. The van der Waals surface area contributed by atoms with E-state index in [9.17, 15) is 4.79 Å². The Balaban J connectivity index is 1.96. The van der Waals surface area contributed by atoms with E-state index in [1.807, 2.05) is 53.9 Å². The Morgan fingerprint density at radius 2 is 2.00 bits per heavy atom. The highest BCUT2D eigenvalue weighted by atomic mass is 16.5. The molecule has 2 aromatic heterocycles. The Morgan fingerprint density at radius 1 is 1.25 bits per heavy atom. The summed E-state index contributed by atoms with van der Waals surface area (Å²) >= 11 is 0. The van der Waals surface area contributed by atoms with E-state index in [0.29, 0.717) is 13.0 Å². The maximum atomic E-state index is 11.7. The number of rotatable bonds is 5. The van der Waals surface area contributed by atoms with Crippen LogP contribution < -0.4 is 15.8 Å². The van der Waals surface area contributed by atoms with E-state index in [4.69, 9.17) is 10.5 Å². The molecule has 3 rings (SSSR count). The molecule has 0 saturated carbocycles. The van der Waals surface area contributed by atoms with Crippen LogP contribution in [0.2, 0.25) is 0 Å². The van der Waals surface area contributed by atoms with Crippen molar-refractivity contribution < 1.29 is 9.53 Å². The summed E-state index contributed by atoms with van der Waals surface area (Å²) < 4.78 is 7.16. The lowest BCUT2D eigenvalue weighted by Gasteiger charge is -2.06. The van der Waals surface area contributed by atoms with Crippen LogP contribution in [0.15, 0.2) is 42.6 Å². The monoisotopic (exact) mass is 324 g/mol. The Labute approximate surface area is 140 Å². The molecular formula is C18H20N4O2. The normalized spacial score (nSPS) is 10.8. The largest absolute Gasteiger partial charge is 0.497 e. The number of aromatic nitrogens is 2. The van der Waals surface area contributed by atoms with Gasteiger partial charge in [-0.3, -0.25) is 4.79 Å². The highest BCUT2D eigenvalue weighted by Gasteiger charge is 2.11. The van der Waals surface area contributed by atoms with Gasteiger partial charge in [0.25, 0.3) is 0 Å². The maximum absolute atomic E-state index is 11.7. The zero-order valence-corrected chi connectivity index (χ0v) is 13.7. The molecule has 2 heterocycles. The minimum Gasteiger partial charge on any atom is -0.497 e. The second kappa shape index (κ2) is 6.72. The highest BCUT2D eigenvalue weighted by molar-refractivity contribution is 5.90. The lowest BCUT2D eigenvalue weighted by Crippen LogP contribution is -2.16. The minimum absolute atomic E-state index is 0.0926. The van der Waals surface area contributed by atoms with Gasteiger partial charge in [-0.25, -0.2) is 4.98 Å². The number of hydrogen-bond donors (Lipinski definition) is 2. The number of aryl methyl sites for hydroxylation is 1. The Hall–Kier alpha value is -2.86. The van der Waals surface area contributed by atoms with Gasteiger partial charge in [0.1, 0.15) is 11.4 Å². The topological polar surface area (TPSA) is 81.6 Å². The number of nitrogens with zero attached hydrogens (tertiary/aromatic N) is 2. The minimum atomic E-state index is -0.0926. The van der Waals surface area contributed by atoms with Gasteiger partial charge < -0.3 is 20.2 Å². The predicted octanol–water partition coefficient (Wildman–Crippen LogP) is 2.61. The summed E-state index contributed by atoms with van der Waals surface area (Å²) in [5, 5.41) is 2.84. The van der Waals surface area contributed by atoms with Gasteiger partial charge >= 0.3 is 0 Å². The molecule has 0 atom stereocenters. The van der Waals surface area contributed by atoms with Crippen molar-refractivity contribution in [2.45, 2.75) is 13.3 Å². The van der Waals surface area contributed by atoms with E-state index < -0.39 is 0 Å². The number of anilines is 1. The number of nitrogens with one attached hydrogen (secondary N) is 1. The summed E-state index contributed by atoms with van der Waals surface area (Å²) in [7, 11) is 1.64. The molecule has 0 saturated heterocycles. The van der Waals surface area contributed by atoms with Crippen LogP contribution in [-0.2, 0) is 4.79 Å². The van der Waals surface area contributed by atoms with Crippen molar-refractivity contribution in [2.75, 3.05) is 19.0 Å². The van der Waals surface area contributed by atoms with E-state index in [2.05, 4.69) is 10.3 Å². The lowest BCUT2D eigenvalue weighted by atomic mass is 10.1. The average Bonchev–Trinajstić information content (AvgIpc) is 2.92. The van der Waals surface area contributed by atoms with Gasteiger partial charge in [-0.15, -0.1) is 0 Å². The molecule has 0 aliphatic heterocycles. The average molecular weight is 324 g/mol. The van der Waals surface area contributed by atoms with Crippen LogP contribution in [0.1, 0.15) is 12.1 Å². The van der Waals surface area contributed by atoms with Gasteiger partial charge in [0.2, 0.25) is 5.91 Å². The van der Waals surface area contributed by atoms with Crippen molar-refractivity contribution in [3.05, 3.63) is 48.3 Å². The summed E-state index contributed by atoms with van der Waals surface area (Å²) in [5.74, 6) is 0.718. The van der Waals surface area contributed by atoms with Crippen LogP contribution in [0.5, 0.6) is 5.75 Å². The number of carbonyl (C=O) groups is 1. The standard InChI is InChI=1S/C18H20N4O2/c1-12-18(13-3-6-15(24-2)7-4-13)21-16-8-5-14(11-22(12)16)20-17(23)9-10-19/h3-8,11H,9-10,19H2,1-2H3,(H,20,23). The third-order valence-corrected chi connectivity index (χ3v) is 3.88. The number of fused-ring (bicyclic) bond motifs is 1. The van der Waals surface area contributed by atoms with Crippen molar-refractivity contribution in [1.29, 1.82) is 0 Å². The van der Waals surface area contributed by atoms with Gasteiger partial charge in [0.15, 0.2) is 0 Å². The van der Waals surface area contributed by atoms with Crippen LogP contribution >= 0.6 is 0 Å². The Kier molecular flexibility index (Phi) is 4.48. The second-order valence-corrected chi connectivity index (χ2v) is 5.51. The van der Waals surface area contributed by atoms with Crippen LogP contribution in [0.25, 0.3) is 16.9 Å². The molecule has 0 aliphatic rings. The fourth-order valence-corrected chi connectivity index (χ4v) is 2.61. The van der Waals surface area contributed by atoms with Gasteiger partial charge in [0.05, 0.1) is 18.5 Å². The zero-order valence-electron chi connectivity index (χ0n) is 13.7. The number of hydrogen-bond acceptors (Lipinski definition) is 4. The van der Waals surface area contributed by atoms with E-state index in [-0.39, 0.29) is 5.91 Å². The molecule has 6 nitrogen and oxygen atoms in total. The number of methoxy groups -OCH3 is 1. The van der Waals surface area contributed by atoms with Crippen molar-refractivity contribution in [1.82, 2.24) is 9.38 Å². The predicted molar refractivity (Wildman–Crippen MR) is 94.2 cm³/mol. The SMILES string of the molecule is COc1ccc(-c2nc3ccc(NC(=O)CCN)cn3c2C)cc1. The first-order chi connectivity index (χ1) is 11.6. The molecule has 124 valence electrons. The number of amides is 1. The summed E-state index contributed by atoms with van der Waals surface area (Å²) in [6.07, 6.45) is 2.18. The van der Waals surface area contributed by atoms with E-state index in [1.54, 1.807) is 7.11 Å². The first kappa shape index (κ1) is 16.0. The smallest absolute Gasteiger partial charge is 0.225 e. The molecule has 0 unspecified atom stereocenters. The number of imidazole rings is 1. The van der Waals surface area contributed by atoms with E-state index in [1.165, 1.54) is 0 Å². The third-order valence-electron chi connectivity index (χ3n) is 3.88. The van der Waals surface area contributed by atoms with Gasteiger partial charge in [-0.1, -0.05) is 0 Å². The van der Waals surface area contributed by atoms with Gasteiger partial charge in [-0.05, 0) is 43.3 Å². The number of pyridine rings is 1. The van der Waals surface area contributed by atoms with Crippen molar-refractivity contribution in [2.24, 2.45) is 5.73 Å². The summed E-state index contributed by atoms with van der Waals surface area (Å²) in [5.41, 5.74) is 9.88. The molecule has 6 heteroatoms. The number of benzene rings is 1. The molecule has 3 N–H and O–H groups in total. The van der Waals surface area contributed by atoms with Crippen molar-refractivity contribution in [3.8, 4) is 17.0 Å².